The molecule has 2 rings (SSSR count). The van der Waals surface area contributed by atoms with Crippen LogP contribution < -0.4 is 22.3 Å². The number of carbonyl (C=O) groups excluding carboxylic acids is 1. The van der Waals surface area contributed by atoms with Crippen LogP contribution in [0, 0.1) is 5.92 Å². The molecule has 1 heterocycles. The van der Waals surface area contributed by atoms with E-state index < -0.39 is 0 Å². The van der Waals surface area contributed by atoms with Crippen molar-refractivity contribution in [1.82, 2.24) is 9.13 Å². The van der Waals surface area contributed by atoms with Crippen molar-refractivity contribution >= 4 is 22.5 Å². The molecule has 3 N–H and O–H groups in total. The van der Waals surface area contributed by atoms with Gasteiger partial charge in [0.15, 0.2) is 0 Å². The summed E-state index contributed by atoms with van der Waals surface area (Å²) in [6.07, 6.45) is 0.212. The van der Waals surface area contributed by atoms with Crippen molar-refractivity contribution in [2.24, 2.45) is 11.7 Å². The van der Waals surface area contributed by atoms with Crippen LogP contribution in [0.5, 0.6) is 0 Å². The summed E-state index contributed by atoms with van der Waals surface area (Å²) < 4.78 is 2.76. The number of hydrogen-bond donors (Lipinski definition) is 2. The fourth-order valence-electron chi connectivity index (χ4n) is 2.75. The molecule has 1 aromatic heterocycles. The van der Waals surface area contributed by atoms with Crippen molar-refractivity contribution in [2.75, 3.05) is 5.32 Å². The molecule has 0 fully saturated rings. The molecular formula is C18H26N4O3. The average molecular weight is 346 g/mol. The van der Waals surface area contributed by atoms with E-state index in [1.807, 2.05) is 20.8 Å². The number of aryl methyl sites for hydroxylation is 1. The van der Waals surface area contributed by atoms with Crippen molar-refractivity contribution in [3.63, 3.8) is 0 Å². The molecule has 0 saturated heterocycles. The molecule has 0 spiro atoms. The second-order valence-electron chi connectivity index (χ2n) is 6.47. The molecule has 136 valence electrons. The molecule has 0 aliphatic rings. The van der Waals surface area contributed by atoms with Gasteiger partial charge in [-0.3, -0.25) is 18.7 Å². The lowest BCUT2D eigenvalue weighted by Gasteiger charge is -2.16. The number of amides is 1. The molecule has 1 amide bonds. The molecule has 0 aliphatic heterocycles. The number of aromatic nitrogens is 2. The van der Waals surface area contributed by atoms with E-state index in [-0.39, 0.29) is 35.5 Å². The number of nitrogens with one attached hydrogen (secondary N) is 1. The van der Waals surface area contributed by atoms with E-state index in [9.17, 15) is 14.4 Å². The van der Waals surface area contributed by atoms with E-state index in [1.54, 1.807) is 29.7 Å². The van der Waals surface area contributed by atoms with Gasteiger partial charge in [0.1, 0.15) is 0 Å². The Labute approximate surface area is 146 Å². The Morgan fingerprint density at radius 2 is 1.80 bits per heavy atom. The first-order chi connectivity index (χ1) is 11.8. The van der Waals surface area contributed by atoms with Crippen LogP contribution in [0.3, 0.4) is 0 Å². The summed E-state index contributed by atoms with van der Waals surface area (Å²) in [5.41, 5.74) is 6.35. The Hall–Kier alpha value is -2.41. The van der Waals surface area contributed by atoms with Crippen LogP contribution in [0.15, 0.2) is 27.8 Å². The number of hydrogen-bond acceptors (Lipinski definition) is 4. The van der Waals surface area contributed by atoms with Gasteiger partial charge in [0.25, 0.3) is 5.56 Å². The number of nitrogens with zero attached hydrogens (tertiary/aromatic N) is 2. The van der Waals surface area contributed by atoms with Crippen LogP contribution in [0.2, 0.25) is 0 Å². The van der Waals surface area contributed by atoms with Crippen LogP contribution in [-0.4, -0.2) is 21.1 Å². The predicted molar refractivity (Wildman–Crippen MR) is 99.9 cm³/mol. The van der Waals surface area contributed by atoms with Gasteiger partial charge in [-0.15, -0.1) is 0 Å². The molecule has 7 heteroatoms. The number of fused-ring (bicyclic) bond motifs is 1. The smallest absolute Gasteiger partial charge is 0.327 e. The van der Waals surface area contributed by atoms with E-state index in [0.717, 1.165) is 0 Å². The Morgan fingerprint density at radius 3 is 2.36 bits per heavy atom. The molecule has 1 atom stereocenters. The highest BCUT2D eigenvalue weighted by Gasteiger charge is 2.15. The van der Waals surface area contributed by atoms with Crippen molar-refractivity contribution in [2.45, 2.75) is 53.2 Å². The highest BCUT2D eigenvalue weighted by atomic mass is 16.2. The quantitative estimate of drug-likeness (QED) is 0.828. The van der Waals surface area contributed by atoms with Gasteiger partial charge < -0.3 is 11.1 Å². The highest BCUT2D eigenvalue weighted by molar-refractivity contribution is 5.93. The van der Waals surface area contributed by atoms with E-state index >= 15 is 0 Å². The molecule has 0 unspecified atom stereocenters. The van der Waals surface area contributed by atoms with E-state index in [1.165, 1.54) is 4.57 Å². The zero-order valence-corrected chi connectivity index (χ0v) is 15.2. The van der Waals surface area contributed by atoms with E-state index in [0.29, 0.717) is 29.7 Å². The SMILES string of the molecule is CCn1c(=O)c2cc(NC(=O)C[C@H](N)C(C)C)ccc2n(CC)c1=O. The van der Waals surface area contributed by atoms with E-state index in [2.05, 4.69) is 5.32 Å². The summed E-state index contributed by atoms with van der Waals surface area (Å²) in [7, 11) is 0. The zero-order chi connectivity index (χ0) is 18.7. The number of rotatable bonds is 6. The van der Waals surface area contributed by atoms with Gasteiger partial charge in [0, 0.05) is 31.2 Å². The summed E-state index contributed by atoms with van der Waals surface area (Å²) >= 11 is 0. The van der Waals surface area contributed by atoms with Crippen molar-refractivity contribution in [3.05, 3.63) is 39.0 Å². The maximum Gasteiger partial charge on any atom is 0.331 e. The second-order valence-corrected chi connectivity index (χ2v) is 6.47. The normalized spacial score (nSPS) is 12.6. The van der Waals surface area contributed by atoms with Crippen LogP contribution >= 0.6 is 0 Å². The molecule has 1 aromatic carbocycles. The first kappa shape index (κ1) is 18.9. The first-order valence-corrected chi connectivity index (χ1v) is 8.62. The Balaban J connectivity index is 2.44. The lowest BCUT2D eigenvalue weighted by Crippen LogP contribution is -2.39. The molecule has 0 bridgehead atoms. The number of anilines is 1. The standard InChI is InChI=1S/C18H26N4O3/c1-5-21-15-8-7-12(20-16(23)10-14(19)11(3)4)9-13(15)17(24)22(6-2)18(21)25/h7-9,11,14H,5-6,10,19H2,1-4H3,(H,20,23)/t14-/m0/s1. The van der Waals surface area contributed by atoms with Crippen LogP contribution in [0.1, 0.15) is 34.1 Å². The number of benzene rings is 1. The first-order valence-electron chi connectivity index (χ1n) is 8.62. The van der Waals surface area contributed by atoms with Crippen LogP contribution in [0.25, 0.3) is 10.9 Å². The largest absolute Gasteiger partial charge is 0.331 e. The molecule has 2 aromatic rings. The summed E-state index contributed by atoms with van der Waals surface area (Å²) in [4.78, 5) is 37.0. The molecule has 0 aliphatic carbocycles. The minimum absolute atomic E-state index is 0.194. The van der Waals surface area contributed by atoms with Gasteiger partial charge >= 0.3 is 5.69 Å². The third-order valence-electron chi connectivity index (χ3n) is 4.42. The fourth-order valence-corrected chi connectivity index (χ4v) is 2.75. The van der Waals surface area contributed by atoms with Gasteiger partial charge in [-0.1, -0.05) is 13.8 Å². The van der Waals surface area contributed by atoms with Crippen LogP contribution in [-0.2, 0) is 17.9 Å². The maximum absolute atomic E-state index is 12.6. The summed E-state index contributed by atoms with van der Waals surface area (Å²) in [5.74, 6) is 0.0123. The summed E-state index contributed by atoms with van der Waals surface area (Å²) in [6.45, 7) is 8.30. The average Bonchev–Trinajstić information content (AvgIpc) is 2.56. The maximum atomic E-state index is 12.6. The van der Waals surface area contributed by atoms with Crippen LogP contribution in [0.4, 0.5) is 5.69 Å². The van der Waals surface area contributed by atoms with Gasteiger partial charge in [-0.05, 0) is 38.0 Å². The minimum atomic E-state index is -0.345. The lowest BCUT2D eigenvalue weighted by atomic mass is 10.0. The Kier molecular flexibility index (Phi) is 5.79. The zero-order valence-electron chi connectivity index (χ0n) is 15.2. The molecule has 7 nitrogen and oxygen atoms in total. The minimum Gasteiger partial charge on any atom is -0.327 e. The Morgan fingerprint density at radius 1 is 1.16 bits per heavy atom. The monoisotopic (exact) mass is 346 g/mol. The summed E-state index contributed by atoms with van der Waals surface area (Å²) in [6, 6.07) is 4.79. The van der Waals surface area contributed by atoms with Gasteiger partial charge in [-0.25, -0.2) is 4.79 Å². The molecular weight excluding hydrogens is 320 g/mol. The van der Waals surface area contributed by atoms with Crippen molar-refractivity contribution in [1.29, 1.82) is 0 Å². The second kappa shape index (κ2) is 7.65. The van der Waals surface area contributed by atoms with Gasteiger partial charge in [-0.2, -0.15) is 0 Å². The number of carbonyl (C=O) groups is 1. The predicted octanol–water partition coefficient (Wildman–Crippen LogP) is 1.51. The lowest BCUT2D eigenvalue weighted by molar-refractivity contribution is -0.116. The summed E-state index contributed by atoms with van der Waals surface area (Å²) in [5, 5.41) is 3.19. The molecule has 0 radical (unpaired) electrons. The fraction of sp³-hybridized carbons (Fsp3) is 0.500. The number of nitrogens with two attached hydrogens (primary N) is 1. The topological polar surface area (TPSA) is 99.1 Å². The Bertz CT molecular complexity index is 896. The van der Waals surface area contributed by atoms with Gasteiger partial charge in [0.05, 0.1) is 10.9 Å². The molecule has 0 saturated carbocycles. The van der Waals surface area contributed by atoms with Crippen molar-refractivity contribution < 1.29 is 4.79 Å². The van der Waals surface area contributed by atoms with E-state index in [4.69, 9.17) is 5.73 Å². The van der Waals surface area contributed by atoms with Crippen molar-refractivity contribution in [3.8, 4) is 0 Å². The molecule has 25 heavy (non-hydrogen) atoms. The third-order valence-corrected chi connectivity index (χ3v) is 4.42. The third kappa shape index (κ3) is 3.82. The van der Waals surface area contributed by atoms with Gasteiger partial charge in [0.2, 0.25) is 5.91 Å². The highest BCUT2D eigenvalue weighted by Crippen LogP contribution is 2.16.